The standard InChI is InChI=1S/C24H22F3N7/c1-15-2-3-20-18(10-15)23(30-14-29-20)32-8-5-19-16(13-32)11-17(12-28-19)33-9-6-21(24(25,26)27)34-22(33)4-7-31-34/h2-4,7,10-12,14,21H,5-6,8-9,13H2,1H3. The average Bonchev–Trinajstić information content (AvgIpc) is 3.31. The van der Waals surface area contributed by atoms with Crippen LogP contribution in [-0.4, -0.2) is 44.0 Å². The highest BCUT2D eigenvalue weighted by atomic mass is 19.4. The third kappa shape index (κ3) is 3.44. The van der Waals surface area contributed by atoms with Gasteiger partial charge in [-0.2, -0.15) is 18.3 Å². The van der Waals surface area contributed by atoms with Gasteiger partial charge in [0.1, 0.15) is 18.0 Å². The van der Waals surface area contributed by atoms with Crippen molar-refractivity contribution in [1.29, 1.82) is 0 Å². The van der Waals surface area contributed by atoms with Crippen molar-refractivity contribution in [2.24, 2.45) is 0 Å². The van der Waals surface area contributed by atoms with Crippen molar-refractivity contribution in [1.82, 2.24) is 24.7 Å². The Morgan fingerprint density at radius 2 is 1.91 bits per heavy atom. The number of benzene rings is 1. The predicted molar refractivity (Wildman–Crippen MR) is 122 cm³/mol. The van der Waals surface area contributed by atoms with Gasteiger partial charge in [0.15, 0.2) is 6.04 Å². The van der Waals surface area contributed by atoms with Gasteiger partial charge in [-0.25, -0.2) is 14.6 Å². The van der Waals surface area contributed by atoms with Crippen LogP contribution >= 0.6 is 0 Å². The molecule has 0 aliphatic carbocycles. The first-order valence-corrected chi connectivity index (χ1v) is 11.2. The summed E-state index contributed by atoms with van der Waals surface area (Å²) in [4.78, 5) is 17.7. The maximum Gasteiger partial charge on any atom is 0.410 e. The van der Waals surface area contributed by atoms with Crippen LogP contribution in [0.3, 0.4) is 0 Å². The zero-order valence-electron chi connectivity index (χ0n) is 18.5. The summed E-state index contributed by atoms with van der Waals surface area (Å²) < 4.78 is 41.5. The zero-order valence-corrected chi connectivity index (χ0v) is 18.5. The van der Waals surface area contributed by atoms with Crippen LogP contribution in [0.25, 0.3) is 10.9 Å². The first-order chi connectivity index (χ1) is 16.4. The molecule has 2 aliphatic rings. The summed E-state index contributed by atoms with van der Waals surface area (Å²) in [6.07, 6.45) is 1.13. The summed E-state index contributed by atoms with van der Waals surface area (Å²) >= 11 is 0. The molecule has 0 radical (unpaired) electrons. The molecule has 6 rings (SSSR count). The summed E-state index contributed by atoms with van der Waals surface area (Å²) in [5.41, 5.74) is 4.87. The molecule has 0 spiro atoms. The molecule has 3 aromatic heterocycles. The lowest BCUT2D eigenvalue weighted by Gasteiger charge is -2.36. The Kier molecular flexibility index (Phi) is 4.72. The minimum atomic E-state index is -4.33. The van der Waals surface area contributed by atoms with Crippen LogP contribution in [0.4, 0.5) is 30.5 Å². The van der Waals surface area contributed by atoms with E-state index in [1.807, 2.05) is 30.0 Å². The Labute approximate surface area is 193 Å². The van der Waals surface area contributed by atoms with Gasteiger partial charge in [-0.15, -0.1) is 0 Å². The second kappa shape index (κ2) is 7.68. The third-order valence-electron chi connectivity index (χ3n) is 6.63. The van der Waals surface area contributed by atoms with Crippen molar-refractivity contribution < 1.29 is 13.2 Å². The summed E-state index contributed by atoms with van der Waals surface area (Å²) in [6, 6.07) is 8.19. The topological polar surface area (TPSA) is 63.0 Å². The number of alkyl halides is 3. The highest BCUT2D eigenvalue weighted by Gasteiger charge is 2.45. The molecule has 2 aliphatic heterocycles. The number of halogens is 3. The third-order valence-corrected chi connectivity index (χ3v) is 6.63. The van der Waals surface area contributed by atoms with E-state index in [1.165, 1.54) is 6.20 Å². The largest absolute Gasteiger partial charge is 0.410 e. The van der Waals surface area contributed by atoms with Crippen molar-refractivity contribution in [3.8, 4) is 0 Å². The molecule has 1 atom stereocenters. The van der Waals surface area contributed by atoms with E-state index < -0.39 is 12.2 Å². The molecule has 10 heteroatoms. The van der Waals surface area contributed by atoms with Gasteiger partial charge in [-0.1, -0.05) is 11.6 Å². The van der Waals surface area contributed by atoms with Gasteiger partial charge in [0.05, 0.1) is 23.6 Å². The first kappa shape index (κ1) is 20.9. The van der Waals surface area contributed by atoms with Crippen molar-refractivity contribution in [2.75, 3.05) is 22.9 Å². The molecule has 0 saturated carbocycles. The summed E-state index contributed by atoms with van der Waals surface area (Å²) in [7, 11) is 0. The minimum Gasteiger partial charge on any atom is -0.351 e. The molecular formula is C24H22F3N7. The number of nitrogens with zero attached hydrogens (tertiary/aromatic N) is 7. The molecule has 0 bridgehead atoms. The van der Waals surface area contributed by atoms with Crippen LogP contribution in [0.2, 0.25) is 0 Å². The van der Waals surface area contributed by atoms with Crippen LogP contribution in [0, 0.1) is 6.92 Å². The Morgan fingerprint density at radius 3 is 2.76 bits per heavy atom. The number of anilines is 3. The first-order valence-electron chi connectivity index (χ1n) is 11.2. The lowest BCUT2D eigenvalue weighted by atomic mass is 10.0. The normalized spacial score (nSPS) is 18.2. The maximum absolute atomic E-state index is 13.5. The SMILES string of the molecule is Cc1ccc2ncnc(N3CCc4ncc(N5CCC(C(F)(F)F)n6nccc65)cc4C3)c2c1. The number of hydrogen-bond donors (Lipinski definition) is 0. The summed E-state index contributed by atoms with van der Waals surface area (Å²) in [5, 5.41) is 4.98. The van der Waals surface area contributed by atoms with Gasteiger partial charge in [0.2, 0.25) is 0 Å². The quantitative estimate of drug-likeness (QED) is 0.426. The molecule has 7 nitrogen and oxygen atoms in total. The predicted octanol–water partition coefficient (Wildman–Crippen LogP) is 4.74. The van der Waals surface area contributed by atoms with Crippen LogP contribution < -0.4 is 9.80 Å². The molecule has 0 saturated heterocycles. The second-order valence-electron chi connectivity index (χ2n) is 8.82. The van der Waals surface area contributed by atoms with E-state index in [0.29, 0.717) is 12.4 Å². The molecule has 5 heterocycles. The van der Waals surface area contributed by atoms with Gasteiger partial charge in [0, 0.05) is 43.2 Å². The average molecular weight is 465 g/mol. The zero-order chi connectivity index (χ0) is 23.4. The number of aromatic nitrogens is 5. The number of aryl methyl sites for hydroxylation is 1. The van der Waals surface area contributed by atoms with E-state index in [9.17, 15) is 13.2 Å². The lowest BCUT2D eigenvalue weighted by Crippen LogP contribution is -2.38. The number of hydrogen-bond acceptors (Lipinski definition) is 6. The maximum atomic E-state index is 13.5. The van der Waals surface area contributed by atoms with E-state index >= 15 is 0 Å². The molecule has 0 N–H and O–H groups in total. The fourth-order valence-corrected chi connectivity index (χ4v) is 4.96. The smallest absolute Gasteiger partial charge is 0.351 e. The summed E-state index contributed by atoms with van der Waals surface area (Å²) in [6.45, 7) is 3.69. The Hall–Kier alpha value is -3.69. The van der Waals surface area contributed by atoms with Crippen molar-refractivity contribution in [2.45, 2.75) is 38.5 Å². The van der Waals surface area contributed by atoms with Gasteiger partial charge in [-0.05, 0) is 37.1 Å². The van der Waals surface area contributed by atoms with Gasteiger partial charge >= 0.3 is 6.18 Å². The molecule has 34 heavy (non-hydrogen) atoms. The van der Waals surface area contributed by atoms with Crippen LogP contribution in [0.15, 0.2) is 49.1 Å². The molecule has 0 fully saturated rings. The lowest BCUT2D eigenvalue weighted by molar-refractivity contribution is -0.172. The van der Waals surface area contributed by atoms with E-state index in [2.05, 4.69) is 31.0 Å². The van der Waals surface area contributed by atoms with Crippen molar-refractivity contribution in [3.63, 3.8) is 0 Å². The molecule has 1 unspecified atom stereocenters. The molecule has 0 amide bonds. The Morgan fingerprint density at radius 1 is 1.03 bits per heavy atom. The van der Waals surface area contributed by atoms with Crippen LogP contribution in [-0.2, 0) is 13.0 Å². The van der Waals surface area contributed by atoms with Gasteiger partial charge in [0.25, 0.3) is 0 Å². The molecular weight excluding hydrogens is 443 g/mol. The van der Waals surface area contributed by atoms with Crippen molar-refractivity contribution in [3.05, 3.63) is 65.9 Å². The van der Waals surface area contributed by atoms with E-state index in [4.69, 9.17) is 0 Å². The van der Waals surface area contributed by atoms with E-state index in [1.54, 1.807) is 18.6 Å². The molecule has 1 aromatic carbocycles. The minimum absolute atomic E-state index is 0.0618. The molecule has 4 aromatic rings. The van der Waals surface area contributed by atoms with Crippen LogP contribution in [0.5, 0.6) is 0 Å². The second-order valence-corrected chi connectivity index (χ2v) is 8.82. The van der Waals surface area contributed by atoms with Gasteiger partial charge < -0.3 is 9.80 Å². The number of pyridine rings is 1. The highest BCUT2D eigenvalue weighted by Crippen LogP contribution is 2.41. The van der Waals surface area contributed by atoms with E-state index in [0.717, 1.165) is 56.9 Å². The Bertz CT molecular complexity index is 1380. The number of fused-ring (bicyclic) bond motifs is 3. The van der Waals surface area contributed by atoms with E-state index in [-0.39, 0.29) is 13.0 Å². The molecule has 174 valence electrons. The number of rotatable bonds is 2. The monoisotopic (exact) mass is 465 g/mol. The van der Waals surface area contributed by atoms with Crippen LogP contribution in [0.1, 0.15) is 29.3 Å². The van der Waals surface area contributed by atoms with Crippen molar-refractivity contribution >= 4 is 28.2 Å². The Balaban J connectivity index is 1.33. The van der Waals surface area contributed by atoms with Gasteiger partial charge in [-0.3, -0.25) is 4.98 Å². The fraction of sp³-hybridized carbons (Fsp3) is 0.333. The highest BCUT2D eigenvalue weighted by molar-refractivity contribution is 5.90. The summed E-state index contributed by atoms with van der Waals surface area (Å²) in [5.74, 6) is 1.31. The fourth-order valence-electron chi connectivity index (χ4n) is 4.96.